The van der Waals surface area contributed by atoms with Crippen LogP contribution < -0.4 is 4.74 Å². The van der Waals surface area contributed by atoms with E-state index in [0.717, 1.165) is 17.6 Å². The van der Waals surface area contributed by atoms with Crippen molar-refractivity contribution in [1.82, 2.24) is 0 Å². The summed E-state index contributed by atoms with van der Waals surface area (Å²) in [5, 5.41) is 0. The number of allylic oxidation sites excluding steroid dienone is 1. The van der Waals surface area contributed by atoms with Crippen LogP contribution in [0, 0.1) is 6.92 Å². The summed E-state index contributed by atoms with van der Waals surface area (Å²) in [6.07, 6.45) is 1.23. The molecule has 0 aliphatic carbocycles. The molecular formula is C14H18O2. The van der Waals surface area contributed by atoms with E-state index in [-0.39, 0.29) is 5.78 Å². The van der Waals surface area contributed by atoms with Gasteiger partial charge in [0.05, 0.1) is 12.7 Å². The van der Waals surface area contributed by atoms with Gasteiger partial charge in [0.25, 0.3) is 0 Å². The number of carbonyl (C=O) groups is 1. The van der Waals surface area contributed by atoms with Crippen molar-refractivity contribution in [3.8, 4) is 5.75 Å². The second kappa shape index (κ2) is 5.50. The Morgan fingerprint density at radius 2 is 2.06 bits per heavy atom. The van der Waals surface area contributed by atoms with Crippen molar-refractivity contribution in [1.29, 1.82) is 0 Å². The highest BCUT2D eigenvalue weighted by Crippen LogP contribution is 2.22. The molecule has 86 valence electrons. The monoisotopic (exact) mass is 218 g/mol. The quantitative estimate of drug-likeness (QED) is 0.558. The highest BCUT2D eigenvalue weighted by atomic mass is 16.5. The fourth-order valence-electron chi connectivity index (χ4n) is 1.50. The molecule has 1 aromatic carbocycles. The van der Waals surface area contributed by atoms with Gasteiger partial charge in [-0.1, -0.05) is 17.2 Å². The Balaban J connectivity index is 2.88. The van der Waals surface area contributed by atoms with Crippen LogP contribution in [0.5, 0.6) is 5.75 Å². The number of ether oxygens (including phenoxy) is 1. The SMILES string of the molecule is C=C(C)CCC(=O)c1cc(C)ccc1OC. The third kappa shape index (κ3) is 3.23. The number of methoxy groups -OCH3 is 1. The van der Waals surface area contributed by atoms with E-state index in [2.05, 4.69) is 6.58 Å². The van der Waals surface area contributed by atoms with Gasteiger partial charge in [0.15, 0.2) is 5.78 Å². The molecule has 0 aliphatic heterocycles. The van der Waals surface area contributed by atoms with Crippen LogP contribution in [0.1, 0.15) is 35.7 Å². The van der Waals surface area contributed by atoms with Crippen LogP contribution in [0.15, 0.2) is 30.4 Å². The summed E-state index contributed by atoms with van der Waals surface area (Å²) in [5.74, 6) is 0.765. The summed E-state index contributed by atoms with van der Waals surface area (Å²) in [7, 11) is 1.58. The molecule has 0 aliphatic rings. The van der Waals surface area contributed by atoms with Gasteiger partial charge in [-0.25, -0.2) is 0 Å². The van der Waals surface area contributed by atoms with Gasteiger partial charge in [-0.15, -0.1) is 6.58 Å². The lowest BCUT2D eigenvalue weighted by Gasteiger charge is -2.08. The Morgan fingerprint density at radius 3 is 2.62 bits per heavy atom. The normalized spacial score (nSPS) is 9.94. The molecule has 2 nitrogen and oxygen atoms in total. The fourth-order valence-corrected chi connectivity index (χ4v) is 1.50. The third-order valence-electron chi connectivity index (χ3n) is 2.43. The first kappa shape index (κ1) is 12.5. The number of hydrogen-bond donors (Lipinski definition) is 0. The Bertz CT molecular complexity index is 405. The van der Waals surface area contributed by atoms with E-state index >= 15 is 0 Å². The molecule has 0 fully saturated rings. The highest BCUT2D eigenvalue weighted by Gasteiger charge is 2.11. The molecule has 0 N–H and O–H groups in total. The zero-order valence-electron chi connectivity index (χ0n) is 10.2. The van der Waals surface area contributed by atoms with Crippen LogP contribution in [0.3, 0.4) is 0 Å². The summed E-state index contributed by atoms with van der Waals surface area (Å²) in [5.41, 5.74) is 2.77. The van der Waals surface area contributed by atoms with Crippen LogP contribution >= 0.6 is 0 Å². The van der Waals surface area contributed by atoms with Crippen molar-refractivity contribution in [2.24, 2.45) is 0 Å². The highest BCUT2D eigenvalue weighted by molar-refractivity contribution is 5.98. The standard InChI is InChI=1S/C14H18O2/c1-10(2)5-7-13(15)12-9-11(3)6-8-14(12)16-4/h6,8-9H,1,5,7H2,2-4H3. The maximum Gasteiger partial charge on any atom is 0.166 e. The number of benzene rings is 1. The van der Waals surface area contributed by atoms with Gasteiger partial charge in [0.1, 0.15) is 5.75 Å². The summed E-state index contributed by atoms with van der Waals surface area (Å²) in [6.45, 7) is 7.70. The first-order chi connectivity index (χ1) is 7.54. The minimum atomic E-state index is 0.114. The van der Waals surface area contributed by atoms with E-state index in [0.29, 0.717) is 17.7 Å². The van der Waals surface area contributed by atoms with Gasteiger partial charge in [0.2, 0.25) is 0 Å². The Labute approximate surface area is 96.9 Å². The molecule has 0 bridgehead atoms. The molecule has 0 saturated carbocycles. The second-order valence-corrected chi connectivity index (χ2v) is 4.08. The number of aryl methyl sites for hydroxylation is 1. The average molecular weight is 218 g/mol. The molecule has 0 radical (unpaired) electrons. The van der Waals surface area contributed by atoms with Crippen molar-refractivity contribution in [3.63, 3.8) is 0 Å². The summed E-state index contributed by atoms with van der Waals surface area (Å²) >= 11 is 0. The van der Waals surface area contributed by atoms with Crippen LogP contribution in [-0.2, 0) is 0 Å². The van der Waals surface area contributed by atoms with Crippen molar-refractivity contribution in [3.05, 3.63) is 41.5 Å². The van der Waals surface area contributed by atoms with E-state index in [1.807, 2.05) is 32.0 Å². The topological polar surface area (TPSA) is 26.3 Å². The molecule has 1 rings (SSSR count). The molecule has 0 amide bonds. The minimum absolute atomic E-state index is 0.114. The lowest BCUT2D eigenvalue weighted by atomic mass is 10.0. The van der Waals surface area contributed by atoms with E-state index in [1.54, 1.807) is 7.11 Å². The maximum absolute atomic E-state index is 12.0. The summed E-state index contributed by atoms with van der Waals surface area (Å²) in [6, 6.07) is 5.65. The molecule has 0 atom stereocenters. The average Bonchev–Trinajstić information content (AvgIpc) is 2.25. The summed E-state index contributed by atoms with van der Waals surface area (Å²) in [4.78, 5) is 12.0. The minimum Gasteiger partial charge on any atom is -0.496 e. The number of Topliss-reactive ketones (excluding diaryl/α,β-unsaturated/α-hetero) is 1. The lowest BCUT2D eigenvalue weighted by molar-refractivity contribution is 0.0980. The van der Waals surface area contributed by atoms with Gasteiger partial charge in [-0.2, -0.15) is 0 Å². The van der Waals surface area contributed by atoms with E-state index in [1.165, 1.54) is 0 Å². The van der Waals surface area contributed by atoms with Crippen LogP contribution in [-0.4, -0.2) is 12.9 Å². The molecule has 2 heteroatoms. The number of carbonyl (C=O) groups excluding carboxylic acids is 1. The Hall–Kier alpha value is -1.57. The van der Waals surface area contributed by atoms with Gasteiger partial charge in [-0.3, -0.25) is 4.79 Å². The van der Waals surface area contributed by atoms with E-state index in [9.17, 15) is 4.79 Å². The van der Waals surface area contributed by atoms with Crippen molar-refractivity contribution in [2.45, 2.75) is 26.7 Å². The Morgan fingerprint density at radius 1 is 1.38 bits per heavy atom. The van der Waals surface area contributed by atoms with Crippen molar-refractivity contribution in [2.75, 3.05) is 7.11 Å². The number of rotatable bonds is 5. The van der Waals surface area contributed by atoms with Gasteiger partial charge in [-0.05, 0) is 32.4 Å². The first-order valence-corrected chi connectivity index (χ1v) is 5.37. The first-order valence-electron chi connectivity index (χ1n) is 5.37. The molecule has 0 unspecified atom stereocenters. The largest absolute Gasteiger partial charge is 0.496 e. The van der Waals surface area contributed by atoms with Crippen LogP contribution in [0.2, 0.25) is 0 Å². The van der Waals surface area contributed by atoms with E-state index in [4.69, 9.17) is 4.74 Å². The van der Waals surface area contributed by atoms with Crippen molar-refractivity contribution < 1.29 is 9.53 Å². The van der Waals surface area contributed by atoms with Crippen LogP contribution in [0.4, 0.5) is 0 Å². The molecule has 16 heavy (non-hydrogen) atoms. The predicted octanol–water partition coefficient (Wildman–Crippen LogP) is 3.54. The maximum atomic E-state index is 12.0. The van der Waals surface area contributed by atoms with E-state index < -0.39 is 0 Å². The molecule has 0 spiro atoms. The lowest BCUT2D eigenvalue weighted by Crippen LogP contribution is -2.02. The van der Waals surface area contributed by atoms with Crippen LogP contribution in [0.25, 0.3) is 0 Å². The summed E-state index contributed by atoms with van der Waals surface area (Å²) < 4.78 is 5.19. The number of hydrogen-bond acceptors (Lipinski definition) is 2. The zero-order valence-corrected chi connectivity index (χ0v) is 10.2. The van der Waals surface area contributed by atoms with Gasteiger partial charge < -0.3 is 4.74 Å². The predicted molar refractivity (Wildman–Crippen MR) is 66.1 cm³/mol. The Kier molecular flexibility index (Phi) is 4.29. The molecule has 0 saturated heterocycles. The zero-order chi connectivity index (χ0) is 12.1. The fraction of sp³-hybridized carbons (Fsp3) is 0.357. The molecule has 1 aromatic rings. The molecule has 0 aromatic heterocycles. The second-order valence-electron chi connectivity index (χ2n) is 4.08. The van der Waals surface area contributed by atoms with Gasteiger partial charge in [0, 0.05) is 6.42 Å². The third-order valence-corrected chi connectivity index (χ3v) is 2.43. The van der Waals surface area contributed by atoms with Gasteiger partial charge >= 0.3 is 0 Å². The smallest absolute Gasteiger partial charge is 0.166 e. The van der Waals surface area contributed by atoms with Crippen molar-refractivity contribution >= 4 is 5.78 Å². The number of ketones is 1. The molecular weight excluding hydrogens is 200 g/mol. The molecule has 0 heterocycles.